The number of likely N-dealkylation sites (tertiary alicyclic amines) is 1. The Morgan fingerprint density at radius 2 is 2.07 bits per heavy atom. The van der Waals surface area contributed by atoms with E-state index in [9.17, 15) is 9.18 Å². The molecule has 1 fully saturated rings. The Labute approximate surface area is 174 Å². The summed E-state index contributed by atoms with van der Waals surface area (Å²) >= 11 is 0. The van der Waals surface area contributed by atoms with Crippen molar-refractivity contribution in [3.05, 3.63) is 82.8 Å². The molecule has 1 saturated heterocycles. The van der Waals surface area contributed by atoms with E-state index in [0.717, 1.165) is 18.4 Å². The maximum Gasteiger partial charge on any atom is 0.253 e. The number of rotatable bonds is 6. The lowest BCUT2D eigenvalue weighted by Crippen LogP contribution is -2.39. The van der Waals surface area contributed by atoms with Gasteiger partial charge in [0.1, 0.15) is 12.4 Å². The number of nitrogens with zero attached hydrogens (tertiary/aromatic N) is 3. The molecule has 1 aromatic heterocycles. The largest absolute Gasteiger partial charge is 0.367 e. The Morgan fingerprint density at radius 3 is 2.87 bits per heavy atom. The molecule has 0 N–H and O–H groups in total. The zero-order chi connectivity index (χ0) is 20.9. The number of piperidine rings is 1. The molecule has 2 aromatic carbocycles. The second-order valence-electron chi connectivity index (χ2n) is 7.58. The highest BCUT2D eigenvalue weighted by molar-refractivity contribution is 5.94. The lowest BCUT2D eigenvalue weighted by atomic mass is 9.96. The van der Waals surface area contributed by atoms with E-state index < -0.39 is 0 Å². The summed E-state index contributed by atoms with van der Waals surface area (Å²) in [6.45, 7) is 3.50. The van der Waals surface area contributed by atoms with Crippen molar-refractivity contribution in [2.45, 2.75) is 38.9 Å². The van der Waals surface area contributed by atoms with Gasteiger partial charge in [-0.25, -0.2) is 4.39 Å². The molecule has 0 saturated carbocycles. The number of aromatic nitrogens is 2. The number of amides is 1. The van der Waals surface area contributed by atoms with Crippen molar-refractivity contribution < 1.29 is 18.4 Å². The van der Waals surface area contributed by atoms with Gasteiger partial charge < -0.3 is 14.2 Å². The van der Waals surface area contributed by atoms with Crippen LogP contribution in [0.15, 0.2) is 53.1 Å². The van der Waals surface area contributed by atoms with Crippen LogP contribution in [0, 0.1) is 12.7 Å². The Morgan fingerprint density at radius 1 is 1.23 bits per heavy atom. The molecule has 0 bridgehead atoms. The SMILES string of the molecule is Cc1ccc(C(=O)N2CCCC(c3noc(COCc4ccccc4)n3)C2)cc1F. The molecule has 1 atom stereocenters. The summed E-state index contributed by atoms with van der Waals surface area (Å²) in [6, 6.07) is 14.5. The number of carbonyl (C=O) groups is 1. The van der Waals surface area contributed by atoms with Crippen LogP contribution in [-0.4, -0.2) is 34.0 Å². The minimum Gasteiger partial charge on any atom is -0.367 e. The van der Waals surface area contributed by atoms with Crippen LogP contribution < -0.4 is 0 Å². The molecule has 1 unspecified atom stereocenters. The quantitative estimate of drug-likeness (QED) is 0.609. The first-order valence-electron chi connectivity index (χ1n) is 10.1. The molecule has 30 heavy (non-hydrogen) atoms. The van der Waals surface area contributed by atoms with Crippen LogP contribution in [0.25, 0.3) is 0 Å². The number of carbonyl (C=O) groups excluding carboxylic acids is 1. The highest BCUT2D eigenvalue weighted by Gasteiger charge is 2.28. The van der Waals surface area contributed by atoms with Crippen LogP contribution in [0.3, 0.4) is 0 Å². The third kappa shape index (κ3) is 4.74. The van der Waals surface area contributed by atoms with Gasteiger partial charge in [0.05, 0.1) is 6.61 Å². The number of benzene rings is 2. The van der Waals surface area contributed by atoms with Gasteiger partial charge in [-0.15, -0.1) is 0 Å². The van der Waals surface area contributed by atoms with E-state index in [4.69, 9.17) is 9.26 Å². The molecule has 1 aliphatic rings. The molecule has 6 nitrogen and oxygen atoms in total. The van der Waals surface area contributed by atoms with Crippen LogP contribution in [-0.2, 0) is 18.0 Å². The Balaban J connectivity index is 1.35. The molecule has 1 amide bonds. The molecule has 2 heterocycles. The molecule has 0 aliphatic carbocycles. The third-order valence-corrected chi connectivity index (χ3v) is 5.31. The van der Waals surface area contributed by atoms with Crippen LogP contribution >= 0.6 is 0 Å². The Bertz CT molecular complexity index is 1010. The monoisotopic (exact) mass is 409 g/mol. The number of hydrogen-bond donors (Lipinski definition) is 0. The first-order chi connectivity index (χ1) is 14.6. The summed E-state index contributed by atoms with van der Waals surface area (Å²) in [4.78, 5) is 19.0. The summed E-state index contributed by atoms with van der Waals surface area (Å²) in [5.41, 5.74) is 1.96. The third-order valence-electron chi connectivity index (χ3n) is 5.31. The van der Waals surface area contributed by atoms with Crippen LogP contribution in [0.4, 0.5) is 4.39 Å². The predicted molar refractivity (Wildman–Crippen MR) is 108 cm³/mol. The molecule has 156 valence electrons. The molecule has 1 aliphatic heterocycles. The van der Waals surface area contributed by atoms with Gasteiger partial charge in [0.25, 0.3) is 11.8 Å². The fraction of sp³-hybridized carbons (Fsp3) is 0.348. The van der Waals surface area contributed by atoms with E-state index >= 15 is 0 Å². The number of hydrogen-bond acceptors (Lipinski definition) is 5. The molecule has 4 rings (SSSR count). The summed E-state index contributed by atoms with van der Waals surface area (Å²) < 4.78 is 24.8. The van der Waals surface area contributed by atoms with Gasteiger partial charge in [0.2, 0.25) is 0 Å². The molecule has 0 spiro atoms. The first kappa shape index (κ1) is 20.2. The molecular formula is C23H24FN3O3. The lowest BCUT2D eigenvalue weighted by molar-refractivity contribution is 0.0703. The van der Waals surface area contributed by atoms with Crippen molar-refractivity contribution in [2.75, 3.05) is 13.1 Å². The maximum absolute atomic E-state index is 13.8. The summed E-state index contributed by atoms with van der Waals surface area (Å²) in [6.07, 6.45) is 1.70. The van der Waals surface area contributed by atoms with E-state index in [-0.39, 0.29) is 24.2 Å². The van der Waals surface area contributed by atoms with Gasteiger partial charge in [0.15, 0.2) is 5.82 Å². The van der Waals surface area contributed by atoms with E-state index in [1.54, 1.807) is 24.0 Å². The normalized spacial score (nSPS) is 16.6. The number of ether oxygens (including phenoxy) is 1. The fourth-order valence-electron chi connectivity index (χ4n) is 3.60. The zero-order valence-electron chi connectivity index (χ0n) is 16.9. The lowest BCUT2D eigenvalue weighted by Gasteiger charge is -2.31. The van der Waals surface area contributed by atoms with Gasteiger partial charge in [0, 0.05) is 24.6 Å². The highest BCUT2D eigenvalue weighted by Crippen LogP contribution is 2.26. The number of aryl methyl sites for hydroxylation is 1. The topological polar surface area (TPSA) is 68.5 Å². The van der Waals surface area contributed by atoms with Crippen molar-refractivity contribution >= 4 is 5.91 Å². The van der Waals surface area contributed by atoms with E-state index in [2.05, 4.69) is 10.1 Å². The molecule has 7 heteroatoms. The second kappa shape index (κ2) is 9.17. The molecule has 3 aromatic rings. The summed E-state index contributed by atoms with van der Waals surface area (Å²) in [5.74, 6) is 0.455. The van der Waals surface area contributed by atoms with Crippen molar-refractivity contribution in [3.8, 4) is 0 Å². The number of halogens is 1. The van der Waals surface area contributed by atoms with Crippen molar-refractivity contribution in [1.82, 2.24) is 15.0 Å². The Hall–Kier alpha value is -3.06. The minimum atomic E-state index is -0.368. The highest BCUT2D eigenvalue weighted by atomic mass is 19.1. The van der Waals surface area contributed by atoms with Gasteiger partial charge in [-0.05, 0) is 43.0 Å². The van der Waals surface area contributed by atoms with Crippen molar-refractivity contribution in [2.24, 2.45) is 0 Å². The molecule has 0 radical (unpaired) electrons. The standard InChI is InChI=1S/C23H24FN3O3/c1-16-9-10-18(12-20(16)24)23(28)27-11-5-8-19(13-27)22-25-21(30-26-22)15-29-14-17-6-3-2-4-7-17/h2-4,6-7,9-10,12,19H,5,8,11,13-15H2,1H3. The van der Waals surface area contributed by atoms with Crippen molar-refractivity contribution in [1.29, 1.82) is 0 Å². The van der Waals surface area contributed by atoms with E-state index in [1.807, 2.05) is 30.3 Å². The Kier molecular flexibility index (Phi) is 6.18. The van der Waals surface area contributed by atoms with Gasteiger partial charge in [-0.3, -0.25) is 4.79 Å². The van der Waals surface area contributed by atoms with Crippen LogP contribution in [0.1, 0.15) is 52.0 Å². The smallest absolute Gasteiger partial charge is 0.253 e. The minimum absolute atomic E-state index is 0.00961. The zero-order valence-corrected chi connectivity index (χ0v) is 16.9. The first-order valence-corrected chi connectivity index (χ1v) is 10.1. The van der Waals surface area contributed by atoms with Crippen molar-refractivity contribution in [3.63, 3.8) is 0 Å². The summed E-state index contributed by atoms with van der Waals surface area (Å²) in [7, 11) is 0. The van der Waals surface area contributed by atoms with Crippen LogP contribution in [0.2, 0.25) is 0 Å². The maximum atomic E-state index is 13.8. The average molecular weight is 409 g/mol. The summed E-state index contributed by atoms with van der Waals surface area (Å²) in [5, 5.41) is 4.09. The van der Waals surface area contributed by atoms with Gasteiger partial charge >= 0.3 is 0 Å². The van der Waals surface area contributed by atoms with E-state index in [0.29, 0.717) is 42.5 Å². The molecular weight excluding hydrogens is 385 g/mol. The van der Waals surface area contributed by atoms with Crippen LogP contribution in [0.5, 0.6) is 0 Å². The van der Waals surface area contributed by atoms with Gasteiger partial charge in [-0.2, -0.15) is 4.98 Å². The average Bonchev–Trinajstić information content (AvgIpc) is 3.25. The van der Waals surface area contributed by atoms with Gasteiger partial charge in [-0.1, -0.05) is 41.6 Å². The second-order valence-corrected chi connectivity index (χ2v) is 7.58. The van der Waals surface area contributed by atoms with E-state index in [1.165, 1.54) is 6.07 Å². The predicted octanol–water partition coefficient (Wildman–Crippen LogP) is 4.25. The fourth-order valence-corrected chi connectivity index (χ4v) is 3.60.